The Morgan fingerprint density at radius 2 is 1.79 bits per heavy atom. The number of sulfonamides is 1. The summed E-state index contributed by atoms with van der Waals surface area (Å²) in [6.45, 7) is 2.39. The number of likely N-dealkylation sites (N-methyl/N-ethyl adjacent to an activating group) is 1. The van der Waals surface area contributed by atoms with Crippen LogP contribution in [0.25, 0.3) is 0 Å². The second-order valence-corrected chi connectivity index (χ2v) is 11.7. The SMILES string of the molecule is CC[C@H](C(=O)NC)N(Cc1cccc(OC)c1)C(=O)CN(c1cc(Cl)ccc1OC)S(=O)(=O)c1ccc(C)c([N+](=O)[O-])c1. The minimum Gasteiger partial charge on any atom is -0.497 e. The van der Waals surface area contributed by atoms with Gasteiger partial charge < -0.3 is 19.7 Å². The molecule has 0 aliphatic heterocycles. The average Bonchev–Trinajstić information content (AvgIpc) is 2.99. The molecule has 0 aliphatic carbocycles. The Hall–Kier alpha value is -4.36. The number of nitro benzene ring substituents is 1. The zero-order chi connectivity index (χ0) is 31.9. The summed E-state index contributed by atoms with van der Waals surface area (Å²) in [7, 11) is -0.362. The first kappa shape index (κ1) is 33.1. The van der Waals surface area contributed by atoms with Crippen LogP contribution in [0.5, 0.6) is 11.5 Å². The van der Waals surface area contributed by atoms with Crippen LogP contribution in [0.3, 0.4) is 0 Å². The molecule has 0 heterocycles. The summed E-state index contributed by atoms with van der Waals surface area (Å²) in [4.78, 5) is 38.8. The Labute approximate surface area is 255 Å². The van der Waals surface area contributed by atoms with Gasteiger partial charge in [-0.2, -0.15) is 0 Å². The van der Waals surface area contributed by atoms with E-state index < -0.39 is 49.9 Å². The minimum absolute atomic E-state index is 0.0431. The minimum atomic E-state index is -4.62. The predicted molar refractivity (Wildman–Crippen MR) is 162 cm³/mol. The summed E-state index contributed by atoms with van der Waals surface area (Å²) in [6.07, 6.45) is 0.229. The summed E-state index contributed by atoms with van der Waals surface area (Å²) in [6, 6.07) is 13.7. The van der Waals surface area contributed by atoms with E-state index in [-0.39, 0.29) is 35.0 Å². The number of nitrogens with one attached hydrogen (secondary N) is 1. The Morgan fingerprint density at radius 3 is 2.40 bits per heavy atom. The van der Waals surface area contributed by atoms with Gasteiger partial charge in [-0.15, -0.1) is 0 Å². The fourth-order valence-electron chi connectivity index (χ4n) is 4.50. The van der Waals surface area contributed by atoms with Crippen LogP contribution in [-0.2, 0) is 26.2 Å². The second-order valence-electron chi connectivity index (χ2n) is 9.44. The average molecular weight is 633 g/mol. The van der Waals surface area contributed by atoms with Crippen LogP contribution in [0.15, 0.2) is 65.6 Å². The lowest BCUT2D eigenvalue weighted by Crippen LogP contribution is -2.51. The maximum Gasteiger partial charge on any atom is 0.273 e. The molecule has 0 fully saturated rings. The molecule has 0 bridgehead atoms. The van der Waals surface area contributed by atoms with Crippen LogP contribution in [0, 0.1) is 17.0 Å². The van der Waals surface area contributed by atoms with Crippen molar-refractivity contribution in [2.75, 3.05) is 32.1 Å². The second kappa shape index (κ2) is 14.2. The first-order valence-electron chi connectivity index (χ1n) is 13.1. The molecule has 14 heteroatoms. The summed E-state index contributed by atoms with van der Waals surface area (Å²) >= 11 is 6.24. The van der Waals surface area contributed by atoms with Gasteiger partial charge in [0.2, 0.25) is 11.8 Å². The summed E-state index contributed by atoms with van der Waals surface area (Å²) < 4.78 is 39.8. The molecule has 0 aliphatic rings. The molecule has 12 nitrogen and oxygen atoms in total. The van der Waals surface area contributed by atoms with Crippen molar-refractivity contribution >= 4 is 44.8 Å². The first-order valence-corrected chi connectivity index (χ1v) is 14.9. The normalized spacial score (nSPS) is 11.8. The van der Waals surface area contributed by atoms with Crippen LogP contribution >= 0.6 is 11.6 Å². The lowest BCUT2D eigenvalue weighted by Gasteiger charge is -2.33. The molecular weight excluding hydrogens is 600 g/mol. The quantitative estimate of drug-likeness (QED) is 0.216. The summed E-state index contributed by atoms with van der Waals surface area (Å²) in [5.41, 5.74) is 0.420. The standard InChI is InChI=1S/C29H33ClN4O8S/c1-6-24(29(36)31-3)32(17-20-8-7-9-22(14-20)41-4)28(35)18-33(26-15-21(30)11-13-27(26)42-5)43(39,40)23-12-10-19(2)25(16-23)34(37)38/h7-16,24H,6,17-18H2,1-5H3,(H,31,36)/t24-/m1/s1. The third-order valence-electron chi connectivity index (χ3n) is 6.77. The molecule has 43 heavy (non-hydrogen) atoms. The number of aryl methyl sites for hydroxylation is 1. The van der Waals surface area contributed by atoms with E-state index >= 15 is 0 Å². The van der Waals surface area contributed by atoms with Gasteiger partial charge in [-0.05, 0) is 55.3 Å². The number of hydrogen-bond donors (Lipinski definition) is 1. The van der Waals surface area contributed by atoms with Gasteiger partial charge in [0.1, 0.15) is 24.1 Å². The van der Waals surface area contributed by atoms with E-state index in [1.165, 1.54) is 63.4 Å². The first-order chi connectivity index (χ1) is 20.4. The molecule has 0 unspecified atom stereocenters. The molecule has 0 spiro atoms. The fourth-order valence-corrected chi connectivity index (χ4v) is 6.10. The number of rotatable bonds is 13. The van der Waals surface area contributed by atoms with Crippen molar-refractivity contribution in [3.8, 4) is 11.5 Å². The number of halogens is 1. The molecule has 3 aromatic rings. The fraction of sp³-hybridized carbons (Fsp3) is 0.310. The Kier molecular flexibility index (Phi) is 11.0. The monoisotopic (exact) mass is 632 g/mol. The lowest BCUT2D eigenvalue weighted by molar-refractivity contribution is -0.385. The van der Waals surface area contributed by atoms with Gasteiger partial charge in [-0.25, -0.2) is 8.42 Å². The number of benzene rings is 3. The highest BCUT2D eigenvalue weighted by Crippen LogP contribution is 2.36. The van der Waals surface area contributed by atoms with E-state index in [1.807, 2.05) is 0 Å². The van der Waals surface area contributed by atoms with Crippen LogP contribution < -0.4 is 19.1 Å². The molecular formula is C29H33ClN4O8S. The van der Waals surface area contributed by atoms with E-state index in [0.717, 1.165) is 10.4 Å². The van der Waals surface area contributed by atoms with Crippen molar-refractivity contribution in [1.29, 1.82) is 0 Å². The molecule has 0 saturated carbocycles. The van der Waals surface area contributed by atoms with Crippen LogP contribution in [0.2, 0.25) is 5.02 Å². The van der Waals surface area contributed by atoms with Crippen molar-refractivity contribution in [1.82, 2.24) is 10.2 Å². The van der Waals surface area contributed by atoms with E-state index in [2.05, 4.69) is 5.32 Å². The van der Waals surface area contributed by atoms with E-state index in [9.17, 15) is 28.1 Å². The molecule has 1 atom stereocenters. The maximum absolute atomic E-state index is 14.2. The number of anilines is 1. The smallest absolute Gasteiger partial charge is 0.273 e. The number of hydrogen-bond acceptors (Lipinski definition) is 8. The zero-order valence-electron chi connectivity index (χ0n) is 24.4. The number of nitro groups is 1. The number of methoxy groups -OCH3 is 2. The van der Waals surface area contributed by atoms with Gasteiger partial charge in [0, 0.05) is 30.2 Å². The van der Waals surface area contributed by atoms with Crippen molar-refractivity contribution < 1.29 is 32.4 Å². The lowest BCUT2D eigenvalue weighted by atomic mass is 10.1. The van der Waals surface area contributed by atoms with Gasteiger partial charge in [-0.1, -0.05) is 36.7 Å². The molecule has 0 radical (unpaired) electrons. The molecule has 0 aromatic heterocycles. The maximum atomic E-state index is 14.2. The highest BCUT2D eigenvalue weighted by molar-refractivity contribution is 7.92. The number of carbonyl (C=O) groups is 2. The molecule has 0 saturated heterocycles. The predicted octanol–water partition coefficient (Wildman–Crippen LogP) is 4.32. The van der Waals surface area contributed by atoms with Crippen LogP contribution in [0.1, 0.15) is 24.5 Å². The van der Waals surface area contributed by atoms with Crippen molar-refractivity contribution in [3.63, 3.8) is 0 Å². The van der Waals surface area contributed by atoms with Crippen LogP contribution in [-0.4, -0.2) is 63.9 Å². The number of carbonyl (C=O) groups excluding carboxylic acids is 2. The van der Waals surface area contributed by atoms with Crippen molar-refractivity contribution in [3.05, 3.63) is 86.9 Å². The van der Waals surface area contributed by atoms with E-state index in [4.69, 9.17) is 21.1 Å². The van der Waals surface area contributed by atoms with Gasteiger partial charge in [0.15, 0.2) is 0 Å². The molecule has 2 amide bonds. The number of ether oxygens (including phenoxy) is 2. The highest BCUT2D eigenvalue weighted by atomic mass is 35.5. The van der Waals surface area contributed by atoms with Crippen LogP contribution in [0.4, 0.5) is 11.4 Å². The van der Waals surface area contributed by atoms with Gasteiger partial charge >= 0.3 is 0 Å². The third-order valence-corrected chi connectivity index (χ3v) is 8.76. The molecule has 3 aromatic carbocycles. The largest absolute Gasteiger partial charge is 0.497 e. The van der Waals surface area contributed by atoms with E-state index in [1.54, 1.807) is 31.2 Å². The van der Waals surface area contributed by atoms with Crippen molar-refractivity contribution in [2.45, 2.75) is 37.8 Å². The Balaban J connectivity index is 2.19. The number of nitrogens with zero attached hydrogens (tertiary/aromatic N) is 3. The summed E-state index contributed by atoms with van der Waals surface area (Å²) in [5.74, 6) is -0.542. The van der Waals surface area contributed by atoms with Crippen molar-refractivity contribution in [2.24, 2.45) is 0 Å². The molecule has 230 valence electrons. The van der Waals surface area contributed by atoms with Gasteiger partial charge in [0.05, 0.1) is 29.7 Å². The number of amides is 2. The summed E-state index contributed by atoms with van der Waals surface area (Å²) in [5, 5.41) is 14.3. The topological polar surface area (TPSA) is 148 Å². The molecule has 3 rings (SSSR count). The van der Waals surface area contributed by atoms with Gasteiger partial charge in [-0.3, -0.25) is 24.0 Å². The Bertz CT molecular complexity index is 1620. The van der Waals surface area contributed by atoms with Gasteiger partial charge in [0.25, 0.3) is 15.7 Å². The zero-order valence-corrected chi connectivity index (χ0v) is 25.9. The van der Waals surface area contributed by atoms with E-state index in [0.29, 0.717) is 11.3 Å². The highest BCUT2D eigenvalue weighted by Gasteiger charge is 2.35. The molecule has 1 N–H and O–H groups in total. The third kappa shape index (κ3) is 7.54. The Morgan fingerprint density at radius 1 is 1.07 bits per heavy atom.